The highest BCUT2D eigenvalue weighted by atomic mass is 19.1. The molecule has 0 aromatic carbocycles. The highest BCUT2D eigenvalue weighted by Gasteiger charge is 2.22. The normalized spacial score (nSPS) is 18.3. The van der Waals surface area contributed by atoms with Crippen molar-refractivity contribution in [2.24, 2.45) is 0 Å². The standard InChI is InChI=1S/C16H20FN7/c17-13-11-19-15(20-12-13)23-7-9-24(10-8-23)16-18-4-3-14(21-16)22-5-1-2-6-22/h3-4,11-12H,1-2,5-10H2. The molecule has 2 aromatic rings. The molecule has 0 saturated carbocycles. The van der Waals surface area contributed by atoms with Crippen LogP contribution in [0.3, 0.4) is 0 Å². The molecule has 126 valence electrons. The molecule has 0 spiro atoms. The van der Waals surface area contributed by atoms with E-state index in [1.54, 1.807) is 0 Å². The molecule has 0 bridgehead atoms. The van der Waals surface area contributed by atoms with Gasteiger partial charge in [0.2, 0.25) is 11.9 Å². The third-order valence-corrected chi connectivity index (χ3v) is 4.51. The number of piperazine rings is 1. The van der Waals surface area contributed by atoms with Crippen molar-refractivity contribution >= 4 is 17.7 Å². The second kappa shape index (κ2) is 6.54. The Morgan fingerprint density at radius 3 is 2.04 bits per heavy atom. The molecule has 0 N–H and O–H groups in total. The predicted molar refractivity (Wildman–Crippen MR) is 89.9 cm³/mol. The first-order valence-corrected chi connectivity index (χ1v) is 8.35. The Bertz CT molecular complexity index is 679. The van der Waals surface area contributed by atoms with Crippen molar-refractivity contribution in [2.75, 3.05) is 54.0 Å². The minimum atomic E-state index is -0.412. The summed E-state index contributed by atoms with van der Waals surface area (Å²) in [5.74, 6) is 1.95. The fourth-order valence-electron chi connectivity index (χ4n) is 3.19. The van der Waals surface area contributed by atoms with Crippen LogP contribution in [0.5, 0.6) is 0 Å². The van der Waals surface area contributed by atoms with Gasteiger partial charge in [-0.25, -0.2) is 19.3 Å². The fraction of sp³-hybridized carbons (Fsp3) is 0.500. The lowest BCUT2D eigenvalue weighted by Gasteiger charge is -2.34. The van der Waals surface area contributed by atoms with Gasteiger partial charge in [-0.05, 0) is 18.9 Å². The van der Waals surface area contributed by atoms with Gasteiger partial charge in [0.15, 0.2) is 5.82 Å². The molecule has 2 saturated heterocycles. The molecule has 4 rings (SSSR count). The number of hydrogen-bond donors (Lipinski definition) is 0. The summed E-state index contributed by atoms with van der Waals surface area (Å²) < 4.78 is 12.9. The second-order valence-corrected chi connectivity index (χ2v) is 6.08. The van der Waals surface area contributed by atoms with Gasteiger partial charge in [0.1, 0.15) is 5.82 Å². The Morgan fingerprint density at radius 1 is 0.750 bits per heavy atom. The molecule has 0 unspecified atom stereocenters. The number of hydrogen-bond acceptors (Lipinski definition) is 7. The maximum Gasteiger partial charge on any atom is 0.227 e. The lowest BCUT2D eigenvalue weighted by Crippen LogP contribution is -2.47. The highest BCUT2D eigenvalue weighted by molar-refractivity contribution is 5.45. The number of rotatable bonds is 3. The zero-order valence-corrected chi connectivity index (χ0v) is 13.5. The SMILES string of the molecule is Fc1cnc(N2CCN(c3nccc(N4CCCC4)n3)CC2)nc1. The molecule has 0 atom stereocenters. The average Bonchev–Trinajstić information content (AvgIpc) is 3.17. The quantitative estimate of drug-likeness (QED) is 0.842. The molecule has 0 aliphatic carbocycles. The number of halogens is 1. The van der Waals surface area contributed by atoms with Crippen molar-refractivity contribution in [1.29, 1.82) is 0 Å². The Hall–Kier alpha value is -2.51. The molecule has 0 radical (unpaired) electrons. The van der Waals surface area contributed by atoms with E-state index in [0.29, 0.717) is 5.95 Å². The summed E-state index contributed by atoms with van der Waals surface area (Å²) in [6.07, 6.45) is 6.71. The van der Waals surface area contributed by atoms with Gasteiger partial charge in [-0.3, -0.25) is 0 Å². The van der Waals surface area contributed by atoms with Crippen LogP contribution in [-0.4, -0.2) is 59.2 Å². The van der Waals surface area contributed by atoms with Gasteiger partial charge in [-0.2, -0.15) is 4.98 Å². The summed E-state index contributed by atoms with van der Waals surface area (Å²) in [6, 6.07) is 1.98. The fourth-order valence-corrected chi connectivity index (χ4v) is 3.19. The third-order valence-electron chi connectivity index (χ3n) is 4.51. The van der Waals surface area contributed by atoms with E-state index in [9.17, 15) is 4.39 Å². The second-order valence-electron chi connectivity index (χ2n) is 6.08. The minimum absolute atomic E-state index is 0.412. The van der Waals surface area contributed by atoms with Crippen molar-refractivity contribution < 1.29 is 4.39 Å². The van der Waals surface area contributed by atoms with E-state index in [2.05, 4.69) is 29.7 Å². The maximum absolute atomic E-state index is 12.9. The number of aromatic nitrogens is 4. The Kier molecular flexibility index (Phi) is 4.10. The molecule has 7 nitrogen and oxygen atoms in total. The van der Waals surface area contributed by atoms with E-state index in [4.69, 9.17) is 4.98 Å². The summed E-state index contributed by atoms with van der Waals surface area (Å²) in [5, 5.41) is 0. The Labute approximate surface area is 140 Å². The van der Waals surface area contributed by atoms with Crippen molar-refractivity contribution in [3.05, 3.63) is 30.5 Å². The van der Waals surface area contributed by atoms with Gasteiger partial charge in [0.05, 0.1) is 12.4 Å². The average molecular weight is 329 g/mol. The van der Waals surface area contributed by atoms with Gasteiger partial charge < -0.3 is 14.7 Å². The minimum Gasteiger partial charge on any atom is -0.356 e. The molecule has 2 aromatic heterocycles. The molecule has 24 heavy (non-hydrogen) atoms. The monoisotopic (exact) mass is 329 g/mol. The van der Waals surface area contributed by atoms with Crippen LogP contribution in [0, 0.1) is 5.82 Å². The molecule has 4 heterocycles. The summed E-state index contributed by atoms with van der Waals surface area (Å²) in [4.78, 5) is 23.8. The lowest BCUT2D eigenvalue weighted by atomic mass is 10.3. The number of anilines is 3. The number of nitrogens with zero attached hydrogens (tertiary/aromatic N) is 7. The van der Waals surface area contributed by atoms with Crippen LogP contribution in [0.2, 0.25) is 0 Å². The van der Waals surface area contributed by atoms with E-state index in [0.717, 1.165) is 51.0 Å². The first kappa shape index (κ1) is 15.0. The van der Waals surface area contributed by atoms with E-state index in [-0.39, 0.29) is 0 Å². The molecule has 2 aliphatic rings. The van der Waals surface area contributed by atoms with Crippen LogP contribution in [-0.2, 0) is 0 Å². The topological polar surface area (TPSA) is 61.3 Å². The Balaban J connectivity index is 1.42. The summed E-state index contributed by atoms with van der Waals surface area (Å²) in [5.41, 5.74) is 0. The molecule has 2 aliphatic heterocycles. The van der Waals surface area contributed by atoms with E-state index in [1.165, 1.54) is 25.2 Å². The van der Waals surface area contributed by atoms with E-state index in [1.807, 2.05) is 12.3 Å². The van der Waals surface area contributed by atoms with Crippen molar-refractivity contribution in [3.63, 3.8) is 0 Å². The van der Waals surface area contributed by atoms with Crippen molar-refractivity contribution in [2.45, 2.75) is 12.8 Å². The summed E-state index contributed by atoms with van der Waals surface area (Å²) in [6.45, 7) is 5.28. The van der Waals surface area contributed by atoms with Gasteiger partial charge in [-0.1, -0.05) is 0 Å². The van der Waals surface area contributed by atoms with Gasteiger partial charge in [0.25, 0.3) is 0 Å². The van der Waals surface area contributed by atoms with Crippen LogP contribution in [0.15, 0.2) is 24.7 Å². The summed E-state index contributed by atoms with van der Waals surface area (Å²) in [7, 11) is 0. The molecule has 2 fully saturated rings. The van der Waals surface area contributed by atoms with Crippen molar-refractivity contribution in [3.8, 4) is 0 Å². The summed E-state index contributed by atoms with van der Waals surface area (Å²) >= 11 is 0. The van der Waals surface area contributed by atoms with Crippen LogP contribution in [0.1, 0.15) is 12.8 Å². The first-order valence-electron chi connectivity index (χ1n) is 8.35. The molecule has 0 amide bonds. The Morgan fingerprint density at radius 2 is 1.38 bits per heavy atom. The van der Waals surface area contributed by atoms with Gasteiger partial charge >= 0.3 is 0 Å². The largest absolute Gasteiger partial charge is 0.356 e. The third kappa shape index (κ3) is 3.08. The maximum atomic E-state index is 12.9. The van der Waals surface area contributed by atoms with Gasteiger partial charge in [0, 0.05) is 45.5 Å². The lowest BCUT2D eigenvalue weighted by molar-refractivity contribution is 0.600. The van der Waals surface area contributed by atoms with Crippen LogP contribution < -0.4 is 14.7 Å². The van der Waals surface area contributed by atoms with E-state index >= 15 is 0 Å². The molecule has 8 heteroatoms. The zero-order chi connectivity index (χ0) is 16.4. The molecular weight excluding hydrogens is 309 g/mol. The van der Waals surface area contributed by atoms with Gasteiger partial charge in [-0.15, -0.1) is 0 Å². The zero-order valence-electron chi connectivity index (χ0n) is 13.5. The van der Waals surface area contributed by atoms with E-state index < -0.39 is 5.82 Å². The van der Waals surface area contributed by atoms with Crippen molar-refractivity contribution in [1.82, 2.24) is 19.9 Å². The predicted octanol–water partition coefficient (Wildman–Crippen LogP) is 1.33. The highest BCUT2D eigenvalue weighted by Crippen LogP contribution is 2.21. The first-order chi connectivity index (χ1) is 11.8. The molecular formula is C16H20FN7. The van der Waals surface area contributed by atoms with Crippen LogP contribution in [0.4, 0.5) is 22.1 Å². The smallest absolute Gasteiger partial charge is 0.227 e. The van der Waals surface area contributed by atoms with Crippen LogP contribution >= 0.6 is 0 Å². The van der Waals surface area contributed by atoms with Crippen LogP contribution in [0.25, 0.3) is 0 Å².